The first kappa shape index (κ1) is 15.5. The highest BCUT2D eigenvalue weighted by molar-refractivity contribution is 5.83. The Bertz CT molecular complexity index is 488. The molecule has 1 unspecified atom stereocenters. The molecule has 1 atom stereocenters. The molecule has 1 amide bonds. The molecule has 2 saturated heterocycles. The van der Waals surface area contributed by atoms with Crippen LogP contribution in [0.25, 0.3) is 0 Å². The lowest BCUT2D eigenvalue weighted by Crippen LogP contribution is -2.49. The molecule has 2 N–H and O–H groups in total. The molecule has 2 aliphatic rings. The predicted octanol–water partition coefficient (Wildman–Crippen LogP) is 1.77. The molecule has 0 aliphatic carbocycles. The van der Waals surface area contributed by atoms with Crippen molar-refractivity contribution in [2.75, 3.05) is 26.2 Å². The molecular weight excluding hydrogens is 274 g/mol. The van der Waals surface area contributed by atoms with E-state index < -0.39 is 0 Å². The lowest BCUT2D eigenvalue weighted by Gasteiger charge is -2.34. The number of carbonyl (C=O) groups excluding carboxylic acids is 1. The number of hydrogen-bond acceptors (Lipinski definition) is 3. The summed E-state index contributed by atoms with van der Waals surface area (Å²) in [6.07, 6.45) is 3.07. The molecule has 1 aromatic carbocycles. The third-order valence-electron chi connectivity index (χ3n) is 5.09. The molecule has 4 heteroatoms. The summed E-state index contributed by atoms with van der Waals surface area (Å²) in [5.41, 5.74) is 1.16. The van der Waals surface area contributed by atoms with Gasteiger partial charge < -0.3 is 10.6 Å². The largest absolute Gasteiger partial charge is 0.353 e. The summed E-state index contributed by atoms with van der Waals surface area (Å²) in [7, 11) is 0. The third kappa shape index (κ3) is 3.68. The average Bonchev–Trinajstić information content (AvgIpc) is 2.98. The van der Waals surface area contributed by atoms with Gasteiger partial charge in [0.2, 0.25) is 5.91 Å². The SMILES string of the molecule is CC1(C(=O)NC2CCN(Cc3ccccc3)CC2)CCNC1. The summed E-state index contributed by atoms with van der Waals surface area (Å²) >= 11 is 0. The second-order valence-corrected chi connectivity index (χ2v) is 7.00. The molecule has 120 valence electrons. The number of benzene rings is 1. The Hall–Kier alpha value is -1.39. The highest BCUT2D eigenvalue weighted by Crippen LogP contribution is 2.25. The number of piperidine rings is 1. The molecule has 0 bridgehead atoms. The van der Waals surface area contributed by atoms with Crippen molar-refractivity contribution in [3.8, 4) is 0 Å². The molecule has 2 fully saturated rings. The zero-order valence-corrected chi connectivity index (χ0v) is 13.5. The molecule has 2 heterocycles. The second kappa shape index (κ2) is 6.80. The maximum absolute atomic E-state index is 12.4. The molecule has 22 heavy (non-hydrogen) atoms. The Balaban J connectivity index is 1.45. The zero-order chi connectivity index (χ0) is 15.4. The van der Waals surface area contributed by atoms with Crippen LogP contribution in [0.4, 0.5) is 0 Å². The van der Waals surface area contributed by atoms with Gasteiger partial charge in [-0.15, -0.1) is 0 Å². The Morgan fingerprint density at radius 1 is 1.32 bits per heavy atom. The van der Waals surface area contributed by atoms with Gasteiger partial charge >= 0.3 is 0 Å². The summed E-state index contributed by atoms with van der Waals surface area (Å²) in [6, 6.07) is 11.0. The van der Waals surface area contributed by atoms with E-state index in [2.05, 4.69) is 52.8 Å². The monoisotopic (exact) mass is 301 g/mol. The minimum atomic E-state index is -0.207. The molecule has 3 rings (SSSR count). The van der Waals surface area contributed by atoms with Crippen LogP contribution in [0, 0.1) is 5.41 Å². The molecule has 0 saturated carbocycles. The Morgan fingerprint density at radius 2 is 2.05 bits per heavy atom. The van der Waals surface area contributed by atoms with E-state index in [0.717, 1.165) is 52.0 Å². The minimum absolute atomic E-state index is 0.207. The topological polar surface area (TPSA) is 44.4 Å². The quantitative estimate of drug-likeness (QED) is 0.891. The molecule has 0 aromatic heterocycles. The number of carbonyl (C=O) groups is 1. The van der Waals surface area contributed by atoms with Crippen LogP contribution in [0.1, 0.15) is 31.7 Å². The van der Waals surface area contributed by atoms with Gasteiger partial charge in [0.15, 0.2) is 0 Å². The third-order valence-corrected chi connectivity index (χ3v) is 5.09. The molecule has 2 aliphatic heterocycles. The maximum atomic E-state index is 12.4. The summed E-state index contributed by atoms with van der Waals surface area (Å²) in [6.45, 7) is 6.99. The summed E-state index contributed by atoms with van der Waals surface area (Å²) in [5, 5.41) is 6.58. The number of hydrogen-bond donors (Lipinski definition) is 2. The molecule has 1 aromatic rings. The van der Waals surface area contributed by atoms with E-state index in [1.807, 2.05) is 0 Å². The smallest absolute Gasteiger partial charge is 0.227 e. The highest BCUT2D eigenvalue weighted by atomic mass is 16.2. The maximum Gasteiger partial charge on any atom is 0.227 e. The van der Waals surface area contributed by atoms with Crippen LogP contribution in [-0.2, 0) is 11.3 Å². The summed E-state index contributed by atoms with van der Waals surface area (Å²) < 4.78 is 0. The van der Waals surface area contributed by atoms with Gasteiger partial charge in [0.05, 0.1) is 5.41 Å². The van der Waals surface area contributed by atoms with Crippen molar-refractivity contribution >= 4 is 5.91 Å². The van der Waals surface area contributed by atoms with Crippen LogP contribution in [-0.4, -0.2) is 43.0 Å². The van der Waals surface area contributed by atoms with Gasteiger partial charge in [0.1, 0.15) is 0 Å². The van der Waals surface area contributed by atoms with E-state index in [1.165, 1.54) is 5.56 Å². The van der Waals surface area contributed by atoms with Gasteiger partial charge in [-0.1, -0.05) is 30.3 Å². The molecular formula is C18H27N3O. The van der Waals surface area contributed by atoms with Crippen molar-refractivity contribution in [2.45, 2.75) is 38.8 Å². The van der Waals surface area contributed by atoms with Crippen LogP contribution in [0.2, 0.25) is 0 Å². The van der Waals surface area contributed by atoms with E-state index in [1.54, 1.807) is 0 Å². The molecule has 0 spiro atoms. The Kier molecular flexibility index (Phi) is 4.79. The normalized spacial score (nSPS) is 27.0. The summed E-state index contributed by atoms with van der Waals surface area (Å²) in [5.74, 6) is 0.235. The average molecular weight is 301 g/mol. The van der Waals surface area contributed by atoms with Crippen molar-refractivity contribution < 1.29 is 4.79 Å². The highest BCUT2D eigenvalue weighted by Gasteiger charge is 2.37. The minimum Gasteiger partial charge on any atom is -0.353 e. The van der Waals surface area contributed by atoms with Crippen molar-refractivity contribution in [2.24, 2.45) is 5.41 Å². The van der Waals surface area contributed by atoms with Gasteiger partial charge in [0, 0.05) is 32.2 Å². The Morgan fingerprint density at radius 3 is 2.68 bits per heavy atom. The van der Waals surface area contributed by atoms with Crippen LogP contribution in [0.3, 0.4) is 0 Å². The zero-order valence-electron chi connectivity index (χ0n) is 13.5. The van der Waals surface area contributed by atoms with E-state index in [0.29, 0.717) is 6.04 Å². The van der Waals surface area contributed by atoms with Crippen molar-refractivity contribution in [3.63, 3.8) is 0 Å². The van der Waals surface area contributed by atoms with Crippen molar-refractivity contribution in [1.29, 1.82) is 0 Å². The number of rotatable bonds is 4. The van der Waals surface area contributed by atoms with Gasteiger partial charge in [-0.25, -0.2) is 0 Å². The van der Waals surface area contributed by atoms with Crippen LogP contribution < -0.4 is 10.6 Å². The van der Waals surface area contributed by atoms with Crippen LogP contribution >= 0.6 is 0 Å². The number of nitrogens with zero attached hydrogens (tertiary/aromatic N) is 1. The fraction of sp³-hybridized carbons (Fsp3) is 0.611. The van der Waals surface area contributed by atoms with Gasteiger partial charge in [-0.3, -0.25) is 9.69 Å². The van der Waals surface area contributed by atoms with Crippen LogP contribution in [0.15, 0.2) is 30.3 Å². The number of amides is 1. The fourth-order valence-corrected chi connectivity index (χ4v) is 3.45. The first-order valence-corrected chi connectivity index (χ1v) is 8.44. The fourth-order valence-electron chi connectivity index (χ4n) is 3.45. The predicted molar refractivity (Wildman–Crippen MR) is 88.5 cm³/mol. The first-order chi connectivity index (χ1) is 10.7. The Labute approximate surface area is 133 Å². The van der Waals surface area contributed by atoms with Crippen molar-refractivity contribution in [1.82, 2.24) is 15.5 Å². The number of likely N-dealkylation sites (tertiary alicyclic amines) is 1. The van der Waals surface area contributed by atoms with Crippen molar-refractivity contribution in [3.05, 3.63) is 35.9 Å². The lowest BCUT2D eigenvalue weighted by atomic mass is 9.88. The molecule has 0 radical (unpaired) electrons. The van der Waals surface area contributed by atoms with E-state index in [4.69, 9.17) is 0 Å². The first-order valence-electron chi connectivity index (χ1n) is 8.44. The van der Waals surface area contributed by atoms with Crippen LogP contribution in [0.5, 0.6) is 0 Å². The van der Waals surface area contributed by atoms with Gasteiger partial charge in [-0.2, -0.15) is 0 Å². The van der Waals surface area contributed by atoms with Gasteiger partial charge in [0.25, 0.3) is 0 Å². The molecule has 4 nitrogen and oxygen atoms in total. The lowest BCUT2D eigenvalue weighted by molar-refractivity contribution is -0.130. The van der Waals surface area contributed by atoms with E-state index >= 15 is 0 Å². The standard InChI is InChI=1S/C18H27N3O/c1-18(9-10-19-14-18)17(22)20-16-7-11-21(12-8-16)13-15-5-3-2-4-6-15/h2-6,16,19H,7-14H2,1H3,(H,20,22). The number of nitrogens with one attached hydrogen (secondary N) is 2. The van der Waals surface area contributed by atoms with E-state index in [-0.39, 0.29) is 11.3 Å². The van der Waals surface area contributed by atoms with E-state index in [9.17, 15) is 4.79 Å². The second-order valence-electron chi connectivity index (χ2n) is 7.00. The van der Waals surface area contributed by atoms with Gasteiger partial charge in [-0.05, 0) is 38.3 Å². The summed E-state index contributed by atoms with van der Waals surface area (Å²) in [4.78, 5) is 14.9.